The summed E-state index contributed by atoms with van der Waals surface area (Å²) in [5.74, 6) is 0. The topological polar surface area (TPSA) is 20.7 Å². The molecule has 4 aromatic heterocycles. The highest BCUT2D eigenvalue weighted by Gasteiger charge is 2.20. The van der Waals surface area contributed by atoms with Crippen molar-refractivity contribution in [1.82, 2.24) is 9.55 Å². The Kier molecular flexibility index (Phi) is 4.44. The summed E-state index contributed by atoms with van der Waals surface area (Å²) < 4.78 is 3.40. The fourth-order valence-corrected chi connectivity index (χ4v) is 6.41. The van der Waals surface area contributed by atoms with Crippen LogP contribution in [0.1, 0.15) is 0 Å². The Bertz CT molecular complexity index is 1730. The van der Waals surface area contributed by atoms with E-state index in [9.17, 15) is 0 Å². The minimum absolute atomic E-state index is 0.726. The molecule has 5 heteroatoms. The van der Waals surface area contributed by atoms with E-state index < -0.39 is 0 Å². The van der Waals surface area contributed by atoms with Crippen LogP contribution in [0.15, 0.2) is 65.5 Å². The summed E-state index contributed by atoms with van der Waals surface area (Å²) in [7, 11) is 2.06. The summed E-state index contributed by atoms with van der Waals surface area (Å²) in [5.41, 5.74) is 6.87. The van der Waals surface area contributed by atoms with Crippen LogP contribution in [0.5, 0.6) is 0 Å². The number of rotatable bonds is 3. The van der Waals surface area contributed by atoms with Gasteiger partial charge in [0.15, 0.2) is 0 Å². The van der Waals surface area contributed by atoms with Crippen LogP contribution in [0.2, 0.25) is 5.02 Å². The number of hydrogen-bond donors (Lipinski definition) is 1. The number of fused-ring (bicyclic) bond motifs is 2. The van der Waals surface area contributed by atoms with E-state index in [4.69, 9.17) is 11.6 Å². The average molecular weight is 471 g/mol. The Hall–Kier alpha value is -3.05. The predicted molar refractivity (Wildman–Crippen MR) is 142 cm³/mol. The third kappa shape index (κ3) is 2.91. The van der Waals surface area contributed by atoms with Crippen molar-refractivity contribution in [2.75, 3.05) is 0 Å². The second-order valence-electron chi connectivity index (χ2n) is 7.98. The molecule has 1 N–H and O–H groups in total. The molecule has 0 spiro atoms. The van der Waals surface area contributed by atoms with E-state index in [1.54, 1.807) is 22.7 Å². The molecule has 0 bridgehead atoms. The van der Waals surface area contributed by atoms with Crippen molar-refractivity contribution in [3.05, 3.63) is 81.2 Å². The molecule has 0 amide bonds. The molecular formula is C27H19ClN2S2. The van der Waals surface area contributed by atoms with E-state index in [2.05, 4.69) is 83.1 Å². The lowest BCUT2D eigenvalue weighted by molar-refractivity contribution is 0.970. The number of nitrogens with one attached hydrogen (secondary N) is 1. The van der Waals surface area contributed by atoms with Crippen LogP contribution in [0.25, 0.3) is 66.8 Å². The Labute approximate surface area is 198 Å². The third-order valence-corrected chi connectivity index (χ3v) is 8.14. The van der Waals surface area contributed by atoms with Crippen LogP contribution in [0.4, 0.5) is 0 Å². The summed E-state index contributed by atoms with van der Waals surface area (Å²) in [6.45, 7) is 8.68. The highest BCUT2D eigenvalue weighted by atomic mass is 35.5. The van der Waals surface area contributed by atoms with Gasteiger partial charge in [-0.2, -0.15) is 0 Å². The van der Waals surface area contributed by atoms with Crippen LogP contribution < -0.4 is 10.7 Å². The Morgan fingerprint density at radius 2 is 1.72 bits per heavy atom. The van der Waals surface area contributed by atoms with Gasteiger partial charge >= 0.3 is 0 Å². The maximum atomic E-state index is 6.37. The number of thiophene rings is 2. The lowest BCUT2D eigenvalue weighted by Gasteiger charge is -2.05. The van der Waals surface area contributed by atoms with E-state index in [0.717, 1.165) is 43.3 Å². The standard InChI is InChI=1S/C27H19ClN2S2/c1-15-26(21-13-30(3)23-8-7-18(28)12-19(21)23)27(16(2)29-15)22-14-32-25-9-6-17(11-20(22)25)24-5-4-10-31-24/h4-14,29H,1-2H2,3H3. The average Bonchev–Trinajstić information content (AvgIpc) is 3.54. The van der Waals surface area contributed by atoms with Crippen molar-refractivity contribution in [2.24, 2.45) is 7.05 Å². The fourth-order valence-electron chi connectivity index (χ4n) is 4.59. The molecule has 32 heavy (non-hydrogen) atoms. The number of aryl methyl sites for hydroxylation is 1. The van der Waals surface area contributed by atoms with Gasteiger partial charge in [0.25, 0.3) is 0 Å². The number of halogens is 1. The van der Waals surface area contributed by atoms with E-state index in [1.165, 1.54) is 26.1 Å². The van der Waals surface area contributed by atoms with Gasteiger partial charge in [-0.1, -0.05) is 36.9 Å². The molecule has 0 aliphatic rings. The number of hydrogen-bond acceptors (Lipinski definition) is 2. The van der Waals surface area contributed by atoms with Gasteiger partial charge in [-0.3, -0.25) is 0 Å². The van der Waals surface area contributed by atoms with Crippen molar-refractivity contribution in [2.45, 2.75) is 0 Å². The lowest BCUT2D eigenvalue weighted by Crippen LogP contribution is -2.06. The maximum Gasteiger partial charge on any atom is 0.0485 e. The highest BCUT2D eigenvalue weighted by molar-refractivity contribution is 7.17. The zero-order chi connectivity index (χ0) is 22.0. The van der Waals surface area contributed by atoms with Crippen LogP contribution in [-0.2, 0) is 7.05 Å². The van der Waals surface area contributed by atoms with Crippen LogP contribution >= 0.6 is 34.3 Å². The monoisotopic (exact) mass is 470 g/mol. The third-order valence-electron chi connectivity index (χ3n) is 6.02. The van der Waals surface area contributed by atoms with Crippen LogP contribution in [0.3, 0.4) is 0 Å². The zero-order valence-corrected chi connectivity index (χ0v) is 19.8. The van der Waals surface area contributed by atoms with Gasteiger partial charge in [0, 0.05) is 77.1 Å². The minimum Gasteiger partial charge on any atom is -0.355 e. The van der Waals surface area contributed by atoms with Gasteiger partial charge < -0.3 is 9.55 Å². The molecule has 0 atom stereocenters. The molecule has 6 aromatic rings. The Morgan fingerprint density at radius 1 is 0.906 bits per heavy atom. The van der Waals surface area contributed by atoms with Crippen molar-refractivity contribution in [1.29, 1.82) is 0 Å². The zero-order valence-electron chi connectivity index (χ0n) is 17.4. The maximum absolute atomic E-state index is 6.37. The van der Waals surface area contributed by atoms with Gasteiger partial charge in [-0.15, -0.1) is 22.7 Å². The fraction of sp³-hybridized carbons (Fsp3) is 0.0370. The molecule has 156 valence electrons. The number of H-pyrrole nitrogens is 1. The number of aromatic nitrogens is 2. The first-order valence-corrected chi connectivity index (χ1v) is 12.4. The summed E-state index contributed by atoms with van der Waals surface area (Å²) >= 11 is 9.90. The van der Waals surface area contributed by atoms with E-state index in [1.807, 2.05) is 12.1 Å². The summed E-state index contributed by atoms with van der Waals surface area (Å²) in [6.07, 6.45) is 2.16. The second kappa shape index (κ2) is 7.24. The van der Waals surface area contributed by atoms with Gasteiger partial charge in [0.1, 0.15) is 0 Å². The molecule has 0 unspecified atom stereocenters. The quantitative estimate of drug-likeness (QED) is 0.281. The molecule has 4 heterocycles. The SMILES string of the molecule is C=c1[nH]c(=C)c(-c2cn(C)c3ccc(Cl)cc23)c1-c1csc2ccc(-c3cccs3)cc12. The Morgan fingerprint density at radius 3 is 2.50 bits per heavy atom. The van der Waals surface area contributed by atoms with E-state index in [0.29, 0.717) is 0 Å². The van der Waals surface area contributed by atoms with Gasteiger partial charge in [0.2, 0.25) is 0 Å². The highest BCUT2D eigenvalue weighted by Crippen LogP contribution is 2.40. The molecule has 2 nitrogen and oxygen atoms in total. The van der Waals surface area contributed by atoms with Crippen LogP contribution in [-0.4, -0.2) is 9.55 Å². The van der Waals surface area contributed by atoms with E-state index >= 15 is 0 Å². The first-order chi connectivity index (χ1) is 15.5. The number of aromatic amines is 1. The predicted octanol–water partition coefficient (Wildman–Crippen LogP) is 7.26. The van der Waals surface area contributed by atoms with E-state index in [-0.39, 0.29) is 0 Å². The molecule has 0 saturated carbocycles. The molecule has 0 fully saturated rings. The summed E-state index contributed by atoms with van der Waals surface area (Å²) in [5, 5.41) is 9.18. The number of nitrogens with zero attached hydrogens (tertiary/aromatic N) is 1. The van der Waals surface area contributed by atoms with Crippen molar-refractivity contribution < 1.29 is 0 Å². The number of benzene rings is 2. The molecular weight excluding hydrogens is 452 g/mol. The molecule has 0 radical (unpaired) electrons. The van der Waals surface area contributed by atoms with Gasteiger partial charge in [-0.05, 0) is 52.7 Å². The molecule has 2 aromatic carbocycles. The van der Waals surface area contributed by atoms with Crippen LogP contribution in [0, 0.1) is 0 Å². The molecule has 0 aliphatic carbocycles. The first-order valence-electron chi connectivity index (χ1n) is 10.2. The summed E-state index contributed by atoms with van der Waals surface area (Å²) in [6, 6.07) is 17.0. The van der Waals surface area contributed by atoms with Crippen molar-refractivity contribution >= 4 is 68.4 Å². The largest absolute Gasteiger partial charge is 0.355 e. The summed E-state index contributed by atoms with van der Waals surface area (Å²) in [4.78, 5) is 4.67. The Balaban J connectivity index is 1.65. The molecule has 0 aliphatic heterocycles. The second-order valence-corrected chi connectivity index (χ2v) is 10.3. The normalized spacial score (nSPS) is 11.7. The molecule has 0 saturated heterocycles. The van der Waals surface area contributed by atoms with Crippen molar-refractivity contribution in [3.63, 3.8) is 0 Å². The lowest BCUT2D eigenvalue weighted by atomic mass is 9.96. The van der Waals surface area contributed by atoms with Gasteiger partial charge in [0.05, 0.1) is 0 Å². The van der Waals surface area contributed by atoms with Gasteiger partial charge in [-0.25, -0.2) is 0 Å². The minimum atomic E-state index is 0.726. The first kappa shape index (κ1) is 19.6. The van der Waals surface area contributed by atoms with Crippen molar-refractivity contribution in [3.8, 4) is 32.7 Å². The molecule has 6 rings (SSSR count). The smallest absolute Gasteiger partial charge is 0.0485 e.